The van der Waals surface area contributed by atoms with Gasteiger partial charge in [-0.1, -0.05) is 55.0 Å². The first kappa shape index (κ1) is 25.9. The van der Waals surface area contributed by atoms with Crippen LogP contribution in [0.25, 0.3) is 23.0 Å². The Kier molecular flexibility index (Phi) is 6.91. The lowest BCUT2D eigenvalue weighted by Gasteiger charge is -2.26. The minimum Gasteiger partial charge on any atom is -0.267 e. The summed E-state index contributed by atoms with van der Waals surface area (Å²) in [6, 6.07) is 25.9. The molecule has 0 spiro atoms. The lowest BCUT2D eigenvalue weighted by atomic mass is 10.0. The predicted octanol–water partition coefficient (Wildman–Crippen LogP) is 5.52. The minimum absolute atomic E-state index is 0.233. The average molecular weight is 552 g/mol. The number of carbonyl (C=O) groups excluding carboxylic acids is 1. The Morgan fingerprint density at radius 2 is 1.50 bits per heavy atom. The van der Waals surface area contributed by atoms with E-state index < -0.39 is 10.0 Å². The normalized spacial score (nSPS) is 17.4. The molecule has 3 heterocycles. The summed E-state index contributed by atoms with van der Waals surface area (Å²) in [5.41, 5.74) is 4.49. The summed E-state index contributed by atoms with van der Waals surface area (Å²) in [5, 5.41) is 10.8. The van der Waals surface area contributed by atoms with Gasteiger partial charge >= 0.3 is 0 Å². The SMILES string of the molecule is CC1=NN(c2ccccc2)C(=O)C1=Cc1cn(-c2ccccc2)nc1-c1cccc(S(=O)(=O)N2CCCCC2)c1. The summed E-state index contributed by atoms with van der Waals surface area (Å²) >= 11 is 0. The van der Waals surface area contributed by atoms with Crippen LogP contribution in [-0.4, -0.2) is 47.2 Å². The molecule has 0 atom stereocenters. The van der Waals surface area contributed by atoms with E-state index >= 15 is 0 Å². The van der Waals surface area contributed by atoms with Crippen molar-refractivity contribution in [3.63, 3.8) is 0 Å². The molecule has 4 aromatic rings. The van der Waals surface area contributed by atoms with Gasteiger partial charge in [-0.3, -0.25) is 4.79 Å². The number of aromatic nitrogens is 2. The van der Waals surface area contributed by atoms with E-state index in [-0.39, 0.29) is 10.8 Å². The number of carbonyl (C=O) groups is 1. The minimum atomic E-state index is -3.63. The lowest BCUT2D eigenvalue weighted by Crippen LogP contribution is -2.35. The van der Waals surface area contributed by atoms with Gasteiger partial charge in [-0.25, -0.2) is 13.1 Å². The molecule has 1 aromatic heterocycles. The van der Waals surface area contributed by atoms with Crippen molar-refractivity contribution in [1.29, 1.82) is 0 Å². The lowest BCUT2D eigenvalue weighted by molar-refractivity contribution is -0.114. The number of benzene rings is 3. The highest BCUT2D eigenvalue weighted by molar-refractivity contribution is 7.89. The maximum Gasteiger partial charge on any atom is 0.280 e. The van der Waals surface area contributed by atoms with Gasteiger partial charge in [0.05, 0.1) is 27.6 Å². The van der Waals surface area contributed by atoms with E-state index in [9.17, 15) is 13.2 Å². The van der Waals surface area contributed by atoms with Crippen LogP contribution in [0, 0.1) is 0 Å². The van der Waals surface area contributed by atoms with E-state index in [0.29, 0.717) is 46.9 Å². The van der Waals surface area contributed by atoms with E-state index in [1.165, 1.54) is 5.01 Å². The molecule has 3 aromatic carbocycles. The molecule has 2 aliphatic rings. The largest absolute Gasteiger partial charge is 0.280 e. The number of hydrazone groups is 1. The number of anilines is 1. The van der Waals surface area contributed by atoms with Crippen molar-refractivity contribution in [2.24, 2.45) is 5.10 Å². The molecule has 1 saturated heterocycles. The first-order chi connectivity index (χ1) is 19.4. The molecule has 0 bridgehead atoms. The highest BCUT2D eigenvalue weighted by Gasteiger charge is 2.30. The van der Waals surface area contributed by atoms with Crippen LogP contribution in [0.5, 0.6) is 0 Å². The number of rotatable bonds is 6. The van der Waals surface area contributed by atoms with Crippen LogP contribution in [0.3, 0.4) is 0 Å². The fourth-order valence-corrected chi connectivity index (χ4v) is 6.64. The van der Waals surface area contributed by atoms with Gasteiger partial charge in [-0.15, -0.1) is 0 Å². The molecule has 40 heavy (non-hydrogen) atoms. The van der Waals surface area contributed by atoms with Gasteiger partial charge in [0, 0.05) is 30.4 Å². The third-order valence-electron chi connectivity index (χ3n) is 7.19. The number of piperidine rings is 1. The highest BCUT2D eigenvalue weighted by Crippen LogP contribution is 2.31. The number of sulfonamides is 1. The zero-order chi connectivity index (χ0) is 27.7. The topological polar surface area (TPSA) is 87.9 Å². The Morgan fingerprint density at radius 3 is 2.20 bits per heavy atom. The average Bonchev–Trinajstić information content (AvgIpc) is 3.55. The Hall–Kier alpha value is -4.34. The van der Waals surface area contributed by atoms with Crippen LogP contribution in [0.4, 0.5) is 5.69 Å². The molecule has 0 radical (unpaired) electrons. The number of hydrogen-bond donors (Lipinski definition) is 0. The smallest absolute Gasteiger partial charge is 0.267 e. The Balaban J connectivity index is 1.43. The van der Waals surface area contributed by atoms with Crippen molar-refractivity contribution in [3.8, 4) is 16.9 Å². The predicted molar refractivity (Wildman–Crippen MR) is 157 cm³/mol. The van der Waals surface area contributed by atoms with Crippen molar-refractivity contribution in [2.45, 2.75) is 31.1 Å². The molecule has 1 fully saturated rings. The second-order valence-corrected chi connectivity index (χ2v) is 11.8. The summed E-state index contributed by atoms with van der Waals surface area (Å²) in [5.74, 6) is -0.233. The first-order valence-corrected chi connectivity index (χ1v) is 14.8. The second kappa shape index (κ2) is 10.7. The number of amides is 1. The summed E-state index contributed by atoms with van der Waals surface area (Å²) in [6.45, 7) is 2.87. The van der Waals surface area contributed by atoms with Gasteiger partial charge < -0.3 is 0 Å². The molecular weight excluding hydrogens is 522 g/mol. The van der Waals surface area contributed by atoms with Gasteiger partial charge in [-0.05, 0) is 62.2 Å². The molecule has 0 saturated carbocycles. The van der Waals surface area contributed by atoms with E-state index in [2.05, 4.69) is 5.10 Å². The van der Waals surface area contributed by atoms with Gasteiger partial charge in [0.2, 0.25) is 10.0 Å². The quantitative estimate of drug-likeness (QED) is 0.295. The fourth-order valence-electron chi connectivity index (χ4n) is 5.07. The number of hydrogen-bond acceptors (Lipinski definition) is 5. The van der Waals surface area contributed by atoms with Crippen LogP contribution < -0.4 is 5.01 Å². The maximum absolute atomic E-state index is 13.4. The van der Waals surface area contributed by atoms with Gasteiger partial charge in [0.25, 0.3) is 5.91 Å². The zero-order valence-corrected chi connectivity index (χ0v) is 23.0. The Labute approximate surface area is 233 Å². The van der Waals surface area contributed by atoms with E-state index in [1.54, 1.807) is 40.2 Å². The fraction of sp³-hybridized carbons (Fsp3) is 0.194. The molecule has 9 heteroatoms. The monoisotopic (exact) mass is 551 g/mol. The molecule has 6 rings (SSSR count). The van der Waals surface area contributed by atoms with Gasteiger partial charge in [-0.2, -0.15) is 19.5 Å². The van der Waals surface area contributed by atoms with Crippen molar-refractivity contribution < 1.29 is 13.2 Å². The van der Waals surface area contributed by atoms with E-state index in [0.717, 1.165) is 24.9 Å². The molecule has 2 aliphatic heterocycles. The van der Waals surface area contributed by atoms with Gasteiger partial charge in [0.1, 0.15) is 5.69 Å². The highest BCUT2D eigenvalue weighted by atomic mass is 32.2. The van der Waals surface area contributed by atoms with Crippen LogP contribution in [0.1, 0.15) is 31.7 Å². The van der Waals surface area contributed by atoms with Crippen molar-refractivity contribution >= 4 is 33.4 Å². The summed E-state index contributed by atoms with van der Waals surface area (Å²) in [4.78, 5) is 13.7. The summed E-state index contributed by atoms with van der Waals surface area (Å²) < 4.78 is 30.2. The maximum atomic E-state index is 13.4. The Bertz CT molecular complexity index is 1720. The molecule has 0 unspecified atom stereocenters. The number of nitrogens with zero attached hydrogens (tertiary/aromatic N) is 5. The molecular formula is C31H29N5O3S. The molecule has 202 valence electrons. The van der Waals surface area contributed by atoms with Crippen LogP contribution in [-0.2, 0) is 14.8 Å². The first-order valence-electron chi connectivity index (χ1n) is 13.3. The van der Waals surface area contributed by atoms with Crippen LogP contribution >= 0.6 is 0 Å². The van der Waals surface area contributed by atoms with Crippen LogP contribution in [0.15, 0.2) is 107 Å². The van der Waals surface area contributed by atoms with Crippen molar-refractivity contribution in [2.75, 3.05) is 18.1 Å². The van der Waals surface area contributed by atoms with Crippen molar-refractivity contribution in [3.05, 3.63) is 102 Å². The summed E-state index contributed by atoms with van der Waals surface area (Å²) in [6.07, 6.45) is 6.43. The third-order valence-corrected chi connectivity index (χ3v) is 9.08. The molecule has 1 amide bonds. The molecule has 0 aliphatic carbocycles. The molecule has 8 nitrogen and oxygen atoms in total. The molecule has 0 N–H and O–H groups in total. The summed E-state index contributed by atoms with van der Waals surface area (Å²) in [7, 11) is -3.63. The zero-order valence-electron chi connectivity index (χ0n) is 22.1. The standard InChI is InChI=1S/C31H29N5O3S/c1-23-29(31(37)36(32-23)27-15-7-3-8-16-27)21-25-22-35(26-13-5-2-6-14-26)33-30(25)24-12-11-17-28(20-24)40(38,39)34-18-9-4-10-19-34/h2-3,5-8,11-17,20-22H,4,9-10,18-19H2,1H3. The third kappa shape index (κ3) is 4.89. The van der Waals surface area contributed by atoms with E-state index in [4.69, 9.17) is 5.10 Å². The van der Waals surface area contributed by atoms with E-state index in [1.807, 2.05) is 72.9 Å². The second-order valence-electron chi connectivity index (χ2n) is 9.90. The Morgan fingerprint density at radius 1 is 0.825 bits per heavy atom. The number of para-hydroxylation sites is 2. The van der Waals surface area contributed by atoms with Gasteiger partial charge in [0.15, 0.2) is 0 Å². The van der Waals surface area contributed by atoms with Crippen LogP contribution in [0.2, 0.25) is 0 Å². The van der Waals surface area contributed by atoms with Crippen molar-refractivity contribution in [1.82, 2.24) is 14.1 Å².